The smallest absolute Gasteiger partial charge is 0.142 e. The van der Waals surface area contributed by atoms with Gasteiger partial charge in [0.05, 0.1) is 5.02 Å². The molecule has 1 fully saturated rings. The lowest BCUT2D eigenvalue weighted by Crippen LogP contribution is -2.34. The van der Waals surface area contributed by atoms with Crippen molar-refractivity contribution in [3.63, 3.8) is 0 Å². The van der Waals surface area contributed by atoms with Gasteiger partial charge in [-0.3, -0.25) is 0 Å². The molecule has 0 bridgehead atoms. The Morgan fingerprint density at radius 2 is 2.00 bits per heavy atom. The van der Waals surface area contributed by atoms with Crippen LogP contribution in [-0.4, -0.2) is 6.04 Å². The lowest BCUT2D eigenvalue weighted by molar-refractivity contribution is 0.327. The van der Waals surface area contributed by atoms with Gasteiger partial charge >= 0.3 is 0 Å². The van der Waals surface area contributed by atoms with Gasteiger partial charge in [0, 0.05) is 17.1 Å². The molecule has 1 nitrogen and oxygen atoms in total. The van der Waals surface area contributed by atoms with Gasteiger partial charge in [0.25, 0.3) is 0 Å². The minimum Gasteiger partial charge on any atom is -0.307 e. The van der Waals surface area contributed by atoms with Crippen LogP contribution in [-0.2, 0) is 0 Å². The van der Waals surface area contributed by atoms with Crippen LogP contribution in [0.4, 0.5) is 4.39 Å². The lowest BCUT2D eigenvalue weighted by atomic mass is 9.93. The van der Waals surface area contributed by atoms with Gasteiger partial charge in [-0.15, -0.1) is 0 Å². The molecule has 2 rings (SSSR count). The van der Waals surface area contributed by atoms with Gasteiger partial charge in [-0.2, -0.15) is 0 Å². The van der Waals surface area contributed by atoms with Crippen LogP contribution in [0.5, 0.6) is 0 Å². The van der Waals surface area contributed by atoms with Crippen LogP contribution in [0.2, 0.25) is 10.0 Å². The van der Waals surface area contributed by atoms with E-state index >= 15 is 0 Å². The highest BCUT2D eigenvalue weighted by Gasteiger charge is 2.32. The van der Waals surface area contributed by atoms with Gasteiger partial charge in [0.2, 0.25) is 0 Å². The average molecular weight is 318 g/mol. The predicted molar refractivity (Wildman–Crippen MR) is 83.9 cm³/mol. The van der Waals surface area contributed by atoms with Crippen molar-refractivity contribution in [3.05, 3.63) is 33.6 Å². The molecular formula is C16H22Cl2FN. The molecule has 1 aliphatic carbocycles. The van der Waals surface area contributed by atoms with Crippen LogP contribution in [0.3, 0.4) is 0 Å². The van der Waals surface area contributed by atoms with E-state index < -0.39 is 5.82 Å². The van der Waals surface area contributed by atoms with E-state index in [1.165, 1.54) is 31.4 Å². The first-order chi connectivity index (χ1) is 9.43. The number of nitrogens with one attached hydrogen (secondary N) is 1. The van der Waals surface area contributed by atoms with Crippen molar-refractivity contribution in [1.82, 2.24) is 5.32 Å². The van der Waals surface area contributed by atoms with Crippen molar-refractivity contribution >= 4 is 23.2 Å². The van der Waals surface area contributed by atoms with Crippen LogP contribution in [0.25, 0.3) is 0 Å². The Morgan fingerprint density at radius 1 is 1.30 bits per heavy atom. The van der Waals surface area contributed by atoms with Crippen molar-refractivity contribution in [2.45, 2.75) is 52.1 Å². The quantitative estimate of drug-likeness (QED) is 0.712. The second-order valence-electron chi connectivity index (χ2n) is 5.89. The van der Waals surface area contributed by atoms with Gasteiger partial charge < -0.3 is 5.32 Å². The summed E-state index contributed by atoms with van der Waals surface area (Å²) < 4.78 is 13.6. The lowest BCUT2D eigenvalue weighted by Gasteiger charge is -2.26. The largest absolute Gasteiger partial charge is 0.307 e. The number of hydrogen-bond acceptors (Lipinski definition) is 1. The van der Waals surface area contributed by atoms with E-state index in [9.17, 15) is 4.39 Å². The summed E-state index contributed by atoms with van der Waals surface area (Å²) in [6, 6.07) is 3.43. The Kier molecular flexibility index (Phi) is 5.33. The van der Waals surface area contributed by atoms with E-state index in [-0.39, 0.29) is 11.1 Å². The van der Waals surface area contributed by atoms with Crippen molar-refractivity contribution in [1.29, 1.82) is 0 Å². The Balaban J connectivity index is 2.09. The van der Waals surface area contributed by atoms with E-state index in [0.29, 0.717) is 17.0 Å². The summed E-state index contributed by atoms with van der Waals surface area (Å²) in [7, 11) is 0. The molecule has 0 saturated heterocycles. The van der Waals surface area contributed by atoms with Crippen LogP contribution in [0, 0.1) is 17.7 Å². The van der Waals surface area contributed by atoms with Crippen LogP contribution in [0.1, 0.15) is 51.6 Å². The third-order valence-corrected chi connectivity index (χ3v) is 5.34. The monoisotopic (exact) mass is 317 g/mol. The fourth-order valence-corrected chi connectivity index (χ4v) is 3.89. The first kappa shape index (κ1) is 16.1. The first-order valence-electron chi connectivity index (χ1n) is 7.34. The second kappa shape index (κ2) is 6.64. The molecule has 0 amide bonds. The summed E-state index contributed by atoms with van der Waals surface area (Å²) in [5.74, 6) is 1.03. The summed E-state index contributed by atoms with van der Waals surface area (Å²) in [4.78, 5) is 0. The highest BCUT2D eigenvalue weighted by Crippen LogP contribution is 2.36. The van der Waals surface area contributed by atoms with Crippen molar-refractivity contribution in [2.24, 2.45) is 11.8 Å². The molecule has 1 saturated carbocycles. The standard InChI is InChI=1S/C16H22Cl2FN/c1-4-11-5-6-16(9(11)2)20-10(3)12-7-15(19)14(18)8-13(12)17/h7-11,16,20H,4-6H2,1-3H3. The third kappa shape index (κ3) is 3.29. The molecule has 0 aliphatic heterocycles. The van der Waals surface area contributed by atoms with Crippen LogP contribution >= 0.6 is 23.2 Å². The highest BCUT2D eigenvalue weighted by molar-refractivity contribution is 6.35. The zero-order valence-corrected chi connectivity index (χ0v) is 13.7. The van der Waals surface area contributed by atoms with Gasteiger partial charge in [-0.1, -0.05) is 43.5 Å². The molecule has 4 atom stereocenters. The Bertz CT molecular complexity index is 478. The van der Waals surface area contributed by atoms with E-state index in [2.05, 4.69) is 19.2 Å². The molecule has 1 aromatic rings. The molecule has 20 heavy (non-hydrogen) atoms. The maximum Gasteiger partial charge on any atom is 0.142 e. The summed E-state index contributed by atoms with van der Waals surface area (Å²) in [5.41, 5.74) is 0.778. The first-order valence-corrected chi connectivity index (χ1v) is 8.10. The Labute approximate surface area is 130 Å². The molecule has 112 valence electrons. The van der Waals surface area contributed by atoms with E-state index in [1.54, 1.807) is 0 Å². The summed E-state index contributed by atoms with van der Waals surface area (Å²) in [5, 5.41) is 4.20. The number of halogens is 3. The minimum atomic E-state index is -0.411. The molecule has 4 unspecified atom stereocenters. The van der Waals surface area contributed by atoms with E-state index in [4.69, 9.17) is 23.2 Å². The van der Waals surface area contributed by atoms with Gasteiger partial charge in [0.1, 0.15) is 5.82 Å². The molecule has 0 aromatic heterocycles. The fraction of sp³-hybridized carbons (Fsp3) is 0.625. The maximum absolute atomic E-state index is 13.6. The molecule has 4 heteroatoms. The SMILES string of the molecule is CCC1CCC(NC(C)c2cc(F)c(Cl)cc2Cl)C1C. The molecule has 1 N–H and O–H groups in total. The summed E-state index contributed by atoms with van der Waals surface area (Å²) in [6.45, 7) is 6.58. The van der Waals surface area contributed by atoms with Crippen molar-refractivity contribution in [2.75, 3.05) is 0 Å². The van der Waals surface area contributed by atoms with Gasteiger partial charge in [-0.25, -0.2) is 4.39 Å². The van der Waals surface area contributed by atoms with Crippen molar-refractivity contribution in [3.8, 4) is 0 Å². The summed E-state index contributed by atoms with van der Waals surface area (Å²) in [6.07, 6.45) is 3.67. The zero-order valence-electron chi connectivity index (χ0n) is 12.2. The Hall–Kier alpha value is -0.310. The van der Waals surface area contributed by atoms with E-state index in [0.717, 1.165) is 11.5 Å². The number of hydrogen-bond donors (Lipinski definition) is 1. The van der Waals surface area contributed by atoms with Crippen LogP contribution < -0.4 is 5.32 Å². The average Bonchev–Trinajstić information content (AvgIpc) is 2.74. The number of benzene rings is 1. The van der Waals surface area contributed by atoms with Crippen LogP contribution in [0.15, 0.2) is 12.1 Å². The predicted octanol–water partition coefficient (Wildman–Crippen LogP) is 5.61. The molecule has 1 aliphatic rings. The topological polar surface area (TPSA) is 12.0 Å². The van der Waals surface area contributed by atoms with Gasteiger partial charge in [-0.05, 0) is 49.3 Å². The molecular weight excluding hydrogens is 296 g/mol. The van der Waals surface area contributed by atoms with E-state index in [1.807, 2.05) is 6.92 Å². The normalized spacial score (nSPS) is 27.8. The molecule has 0 heterocycles. The maximum atomic E-state index is 13.6. The molecule has 1 aromatic carbocycles. The van der Waals surface area contributed by atoms with Crippen molar-refractivity contribution < 1.29 is 4.39 Å². The summed E-state index contributed by atoms with van der Waals surface area (Å²) >= 11 is 11.9. The Morgan fingerprint density at radius 3 is 2.60 bits per heavy atom. The highest BCUT2D eigenvalue weighted by atomic mass is 35.5. The molecule has 0 radical (unpaired) electrons. The minimum absolute atomic E-state index is 0.0253. The second-order valence-corrected chi connectivity index (χ2v) is 6.70. The zero-order chi connectivity index (χ0) is 14.9. The molecule has 0 spiro atoms. The van der Waals surface area contributed by atoms with Gasteiger partial charge in [0.15, 0.2) is 0 Å². The third-order valence-electron chi connectivity index (χ3n) is 4.72. The fourth-order valence-electron chi connectivity index (χ4n) is 3.34. The number of rotatable bonds is 4.